The molecule has 2 N–H and O–H groups in total. The molecule has 2 saturated carbocycles. The van der Waals surface area contributed by atoms with Crippen molar-refractivity contribution in [2.24, 2.45) is 16.7 Å². The first kappa shape index (κ1) is 16.5. The van der Waals surface area contributed by atoms with Crippen molar-refractivity contribution >= 4 is 5.97 Å². The number of hydrogen-bond acceptors (Lipinski definition) is 4. The number of rotatable bonds is 1. The Labute approximate surface area is 153 Å². The van der Waals surface area contributed by atoms with E-state index in [1.54, 1.807) is 0 Å². The van der Waals surface area contributed by atoms with Crippen molar-refractivity contribution < 1.29 is 19.7 Å². The summed E-state index contributed by atoms with van der Waals surface area (Å²) in [6.07, 6.45) is 8.06. The first-order chi connectivity index (χ1) is 12.3. The first-order valence-electron chi connectivity index (χ1n) is 9.73. The lowest BCUT2D eigenvalue weighted by atomic mass is 9.48. The normalized spacial score (nSPS) is 45.0. The van der Waals surface area contributed by atoms with Crippen LogP contribution in [0.15, 0.2) is 30.4 Å². The first-order valence-corrected chi connectivity index (χ1v) is 9.73. The van der Waals surface area contributed by atoms with Crippen LogP contribution < -0.4 is 4.74 Å². The highest BCUT2D eigenvalue weighted by Crippen LogP contribution is 2.74. The van der Waals surface area contributed by atoms with Crippen LogP contribution in [0.1, 0.15) is 56.6 Å². The Bertz CT molecular complexity index is 829. The molecule has 0 radical (unpaired) electrons. The molecule has 1 aromatic rings. The molecule has 4 nitrogen and oxygen atoms in total. The minimum Gasteiger partial charge on any atom is -0.427 e. The van der Waals surface area contributed by atoms with Crippen molar-refractivity contribution in [2.75, 3.05) is 0 Å². The molecule has 0 amide bonds. The Morgan fingerprint density at radius 2 is 2.08 bits per heavy atom. The van der Waals surface area contributed by atoms with Gasteiger partial charge < -0.3 is 14.9 Å². The molecule has 2 fully saturated rings. The maximum absolute atomic E-state index is 11.2. The molecule has 26 heavy (non-hydrogen) atoms. The van der Waals surface area contributed by atoms with Crippen LogP contribution in [0.25, 0.3) is 0 Å². The maximum atomic E-state index is 11.2. The molecule has 5 rings (SSSR count). The molecule has 138 valence electrons. The van der Waals surface area contributed by atoms with Gasteiger partial charge in [-0.15, -0.1) is 0 Å². The molecule has 0 aromatic heterocycles. The molecule has 0 spiro atoms. The maximum Gasteiger partial charge on any atom is 0.308 e. The van der Waals surface area contributed by atoms with E-state index in [4.69, 9.17) is 4.74 Å². The molecule has 2 bridgehead atoms. The zero-order valence-electron chi connectivity index (χ0n) is 15.4. The smallest absolute Gasteiger partial charge is 0.308 e. The molecule has 4 heteroatoms. The Balaban J connectivity index is 1.55. The van der Waals surface area contributed by atoms with E-state index in [0.717, 1.165) is 25.7 Å². The zero-order chi connectivity index (χ0) is 18.3. The molecule has 4 aliphatic rings. The largest absolute Gasteiger partial charge is 0.427 e. The van der Waals surface area contributed by atoms with Gasteiger partial charge in [0.2, 0.25) is 0 Å². The number of hydrogen-bond donors (Lipinski definition) is 2. The second-order valence-corrected chi connectivity index (χ2v) is 9.00. The summed E-state index contributed by atoms with van der Waals surface area (Å²) >= 11 is 0. The standard InChI is InChI=1S/C22H26O4/c1-13(23)26-15-4-5-16-14(11-15)3-6-18-17(16)7-8-20(2)21(18)9-10-22(20,25)19(24)12-21/h4-5,9-11,17-19,24-25H,3,6-8,12H2,1-2H3/t17-,18-,19+,20+,21+,22-/m1/s1. The number of carbonyl (C=O) groups excluding carboxylic acids is 1. The third kappa shape index (κ3) is 1.75. The van der Waals surface area contributed by atoms with Crippen LogP contribution in [0.3, 0.4) is 0 Å². The van der Waals surface area contributed by atoms with Crippen LogP contribution in [0.5, 0.6) is 5.75 Å². The molecular formula is C22H26O4. The van der Waals surface area contributed by atoms with Gasteiger partial charge in [-0.25, -0.2) is 0 Å². The molecule has 0 aliphatic heterocycles. The summed E-state index contributed by atoms with van der Waals surface area (Å²) in [4.78, 5) is 11.2. The number of ether oxygens (including phenoxy) is 1. The van der Waals surface area contributed by atoms with Crippen LogP contribution in [-0.2, 0) is 11.2 Å². The van der Waals surface area contributed by atoms with E-state index >= 15 is 0 Å². The highest BCUT2D eigenvalue weighted by atomic mass is 16.5. The third-order valence-corrected chi connectivity index (χ3v) is 8.19. The van der Waals surface area contributed by atoms with E-state index in [-0.39, 0.29) is 16.8 Å². The topological polar surface area (TPSA) is 66.8 Å². The Hall–Kier alpha value is -1.65. The summed E-state index contributed by atoms with van der Waals surface area (Å²) in [6.45, 7) is 3.61. The molecular weight excluding hydrogens is 328 g/mol. The SMILES string of the molecule is CC(=O)Oc1ccc2c(c1)CC[C@@H]1[C@@H]2CC[C@]2(C)[C@@]3(O)C=C[C@]12C[C@@H]3O. The Kier molecular flexibility index (Phi) is 3.17. The average molecular weight is 354 g/mol. The van der Waals surface area contributed by atoms with Gasteiger partial charge in [-0.2, -0.15) is 0 Å². The van der Waals surface area contributed by atoms with Crippen LogP contribution in [0, 0.1) is 16.7 Å². The van der Waals surface area contributed by atoms with Gasteiger partial charge in [-0.3, -0.25) is 4.79 Å². The van der Waals surface area contributed by atoms with E-state index in [9.17, 15) is 15.0 Å². The number of aliphatic hydroxyl groups is 2. The van der Waals surface area contributed by atoms with E-state index in [2.05, 4.69) is 19.1 Å². The summed E-state index contributed by atoms with van der Waals surface area (Å²) in [5.41, 5.74) is 1.18. The van der Waals surface area contributed by atoms with Gasteiger partial charge in [0.25, 0.3) is 0 Å². The quantitative estimate of drug-likeness (QED) is 0.462. The van der Waals surface area contributed by atoms with E-state index < -0.39 is 11.7 Å². The van der Waals surface area contributed by atoms with E-state index in [1.807, 2.05) is 18.2 Å². The van der Waals surface area contributed by atoms with Gasteiger partial charge in [0.15, 0.2) is 0 Å². The summed E-state index contributed by atoms with van der Waals surface area (Å²) in [7, 11) is 0. The van der Waals surface area contributed by atoms with E-state index in [1.165, 1.54) is 18.1 Å². The zero-order valence-corrected chi connectivity index (χ0v) is 15.4. The predicted molar refractivity (Wildman–Crippen MR) is 96.8 cm³/mol. The van der Waals surface area contributed by atoms with Gasteiger partial charge in [-0.1, -0.05) is 25.1 Å². The van der Waals surface area contributed by atoms with Crippen molar-refractivity contribution in [1.82, 2.24) is 0 Å². The molecule has 1 aromatic carbocycles. The highest BCUT2D eigenvalue weighted by molar-refractivity contribution is 5.69. The minimum atomic E-state index is -1.07. The number of aliphatic hydroxyl groups excluding tert-OH is 1. The molecule has 4 aliphatic carbocycles. The van der Waals surface area contributed by atoms with E-state index in [0.29, 0.717) is 24.0 Å². The molecule has 0 saturated heterocycles. The lowest BCUT2D eigenvalue weighted by Gasteiger charge is -2.56. The number of benzene rings is 1. The van der Waals surface area contributed by atoms with Crippen molar-refractivity contribution in [3.63, 3.8) is 0 Å². The van der Waals surface area contributed by atoms with Gasteiger partial charge in [0.05, 0.1) is 6.10 Å². The lowest BCUT2D eigenvalue weighted by Crippen LogP contribution is -2.53. The summed E-state index contributed by atoms with van der Waals surface area (Å²) in [6, 6.07) is 6.04. The van der Waals surface area contributed by atoms with Crippen LogP contribution >= 0.6 is 0 Å². The summed E-state index contributed by atoms with van der Waals surface area (Å²) < 4.78 is 5.26. The predicted octanol–water partition coefficient (Wildman–Crippen LogP) is 3.11. The highest BCUT2D eigenvalue weighted by Gasteiger charge is 2.74. The second-order valence-electron chi connectivity index (χ2n) is 9.00. The molecule has 6 atom stereocenters. The fourth-order valence-corrected chi connectivity index (χ4v) is 6.92. The average Bonchev–Trinajstić information content (AvgIpc) is 2.93. The number of fused-ring (bicyclic) bond motifs is 3. The lowest BCUT2D eigenvalue weighted by molar-refractivity contribution is -0.131. The van der Waals surface area contributed by atoms with Crippen molar-refractivity contribution in [1.29, 1.82) is 0 Å². The van der Waals surface area contributed by atoms with Gasteiger partial charge in [0.1, 0.15) is 11.4 Å². The van der Waals surface area contributed by atoms with Crippen molar-refractivity contribution in [2.45, 2.75) is 63.6 Å². The van der Waals surface area contributed by atoms with Crippen LogP contribution in [-0.4, -0.2) is 27.9 Å². The van der Waals surface area contributed by atoms with Crippen molar-refractivity contribution in [3.05, 3.63) is 41.5 Å². The van der Waals surface area contributed by atoms with Gasteiger partial charge in [0, 0.05) is 17.8 Å². The van der Waals surface area contributed by atoms with Crippen molar-refractivity contribution in [3.8, 4) is 5.75 Å². The van der Waals surface area contributed by atoms with Gasteiger partial charge in [-0.05, 0) is 67.2 Å². The monoisotopic (exact) mass is 354 g/mol. The van der Waals surface area contributed by atoms with Crippen LogP contribution in [0.2, 0.25) is 0 Å². The number of carbonyl (C=O) groups is 1. The Morgan fingerprint density at radius 1 is 1.27 bits per heavy atom. The van der Waals surface area contributed by atoms with Crippen LogP contribution in [0.4, 0.5) is 0 Å². The fraction of sp³-hybridized carbons (Fsp3) is 0.591. The number of aryl methyl sites for hydroxylation is 1. The molecule has 0 heterocycles. The third-order valence-electron chi connectivity index (χ3n) is 8.19. The van der Waals surface area contributed by atoms with Gasteiger partial charge >= 0.3 is 5.97 Å². The summed E-state index contributed by atoms with van der Waals surface area (Å²) in [5.74, 6) is 1.22. The second kappa shape index (κ2) is 4.99. The number of allylic oxidation sites excluding steroid dienone is 1. The fourth-order valence-electron chi connectivity index (χ4n) is 6.92. The molecule has 0 unspecified atom stereocenters. The summed E-state index contributed by atoms with van der Waals surface area (Å²) in [5, 5.41) is 21.8. The number of esters is 1. The minimum absolute atomic E-state index is 0.115. The Morgan fingerprint density at radius 3 is 2.81 bits per heavy atom.